The third-order valence-corrected chi connectivity index (χ3v) is 5.63. The number of nitrogens with zero attached hydrogens (tertiary/aromatic N) is 5. The van der Waals surface area contributed by atoms with E-state index < -0.39 is 0 Å². The van der Waals surface area contributed by atoms with Crippen molar-refractivity contribution in [1.29, 1.82) is 0 Å². The highest BCUT2D eigenvalue weighted by Crippen LogP contribution is 2.16. The van der Waals surface area contributed by atoms with Crippen molar-refractivity contribution in [3.8, 4) is 0 Å². The molecule has 8 nitrogen and oxygen atoms in total. The summed E-state index contributed by atoms with van der Waals surface area (Å²) >= 11 is 0. The zero-order valence-electron chi connectivity index (χ0n) is 18.2. The number of nitrogens with one attached hydrogen (secondary N) is 1. The van der Waals surface area contributed by atoms with Gasteiger partial charge in [0.2, 0.25) is 0 Å². The Kier molecular flexibility index (Phi) is 6.30. The molecule has 1 atom stereocenters. The van der Waals surface area contributed by atoms with Crippen LogP contribution >= 0.6 is 0 Å². The lowest BCUT2D eigenvalue weighted by Crippen LogP contribution is -2.41. The van der Waals surface area contributed by atoms with Gasteiger partial charge in [-0.15, -0.1) is 0 Å². The van der Waals surface area contributed by atoms with Crippen molar-refractivity contribution in [2.45, 2.75) is 18.9 Å². The molecule has 0 unspecified atom stereocenters. The minimum Gasteiger partial charge on any atom is -0.351 e. The molecule has 1 N–H and O–H groups in total. The maximum absolute atomic E-state index is 13.3. The molecule has 2 amide bonds. The summed E-state index contributed by atoms with van der Waals surface area (Å²) in [6.07, 6.45) is 8.09. The number of hydrogen-bond donors (Lipinski definition) is 1. The van der Waals surface area contributed by atoms with E-state index in [4.69, 9.17) is 0 Å². The van der Waals surface area contributed by atoms with Crippen molar-refractivity contribution in [3.05, 3.63) is 90.1 Å². The summed E-state index contributed by atoms with van der Waals surface area (Å²) in [5.74, 6) is -0.273. The van der Waals surface area contributed by atoms with Gasteiger partial charge in [0.1, 0.15) is 11.3 Å². The third kappa shape index (κ3) is 4.54. The number of rotatable bonds is 8. The van der Waals surface area contributed by atoms with Gasteiger partial charge < -0.3 is 14.8 Å². The SMILES string of the molecule is CN(C(=O)c1cnn2cccnc12)[C@H](CCNC(=O)c1cccn1C)Cc1ccccc1. The molecule has 0 aliphatic carbocycles. The summed E-state index contributed by atoms with van der Waals surface area (Å²) in [6, 6.07) is 15.3. The third-order valence-electron chi connectivity index (χ3n) is 5.63. The molecule has 4 aromatic rings. The lowest BCUT2D eigenvalue weighted by atomic mass is 10.0. The molecule has 32 heavy (non-hydrogen) atoms. The predicted molar refractivity (Wildman–Crippen MR) is 121 cm³/mol. The second-order valence-corrected chi connectivity index (χ2v) is 7.75. The molecular formula is C24H26N6O2. The topological polar surface area (TPSA) is 84.5 Å². The van der Waals surface area contributed by atoms with E-state index in [0.29, 0.717) is 36.3 Å². The van der Waals surface area contributed by atoms with E-state index in [1.807, 2.05) is 49.6 Å². The van der Waals surface area contributed by atoms with Crippen LogP contribution in [0.2, 0.25) is 0 Å². The van der Waals surface area contributed by atoms with Gasteiger partial charge in [0.25, 0.3) is 11.8 Å². The summed E-state index contributed by atoms with van der Waals surface area (Å²) in [6.45, 7) is 0.451. The molecule has 3 heterocycles. The molecule has 0 spiro atoms. The van der Waals surface area contributed by atoms with Crippen LogP contribution in [0.4, 0.5) is 0 Å². The summed E-state index contributed by atoms with van der Waals surface area (Å²) in [5.41, 5.74) is 2.72. The molecule has 0 bridgehead atoms. The first-order valence-electron chi connectivity index (χ1n) is 10.5. The van der Waals surface area contributed by atoms with Crippen molar-refractivity contribution in [3.63, 3.8) is 0 Å². The van der Waals surface area contributed by atoms with Crippen LogP contribution < -0.4 is 5.32 Å². The number of aryl methyl sites for hydroxylation is 1. The minimum atomic E-state index is -0.145. The molecule has 164 valence electrons. The Morgan fingerprint density at radius 1 is 1.09 bits per heavy atom. The Labute approximate surface area is 186 Å². The fraction of sp³-hybridized carbons (Fsp3) is 0.250. The van der Waals surface area contributed by atoms with Crippen molar-refractivity contribution in [2.75, 3.05) is 13.6 Å². The average molecular weight is 431 g/mol. The molecule has 0 saturated heterocycles. The number of hydrogen-bond acceptors (Lipinski definition) is 4. The molecule has 1 aromatic carbocycles. The summed E-state index contributed by atoms with van der Waals surface area (Å²) in [7, 11) is 3.63. The van der Waals surface area contributed by atoms with Crippen molar-refractivity contribution < 1.29 is 9.59 Å². The smallest absolute Gasteiger partial charge is 0.267 e. The van der Waals surface area contributed by atoms with E-state index in [1.165, 1.54) is 0 Å². The van der Waals surface area contributed by atoms with Gasteiger partial charge in [-0.2, -0.15) is 5.10 Å². The standard InChI is InChI=1S/C24H26N6O2/c1-28-14-6-10-21(28)23(31)26-13-11-19(16-18-8-4-3-5-9-18)29(2)24(32)20-17-27-30-15-7-12-25-22(20)30/h3-10,12,14-15,17,19H,11,13,16H2,1-2H3,(H,26,31)/t19-/m1/s1. The second-order valence-electron chi connectivity index (χ2n) is 7.75. The highest BCUT2D eigenvalue weighted by molar-refractivity contribution is 5.99. The number of aromatic nitrogens is 4. The number of benzene rings is 1. The molecule has 0 radical (unpaired) electrons. The lowest BCUT2D eigenvalue weighted by molar-refractivity contribution is 0.0724. The molecule has 0 aliphatic heterocycles. The highest BCUT2D eigenvalue weighted by Gasteiger charge is 2.25. The van der Waals surface area contributed by atoms with Crippen LogP contribution in [0, 0.1) is 0 Å². The van der Waals surface area contributed by atoms with Crippen molar-refractivity contribution >= 4 is 17.5 Å². The average Bonchev–Trinajstić information content (AvgIpc) is 3.44. The van der Waals surface area contributed by atoms with Gasteiger partial charge in [-0.25, -0.2) is 9.50 Å². The van der Waals surface area contributed by atoms with Crippen LogP contribution in [0.25, 0.3) is 5.65 Å². The number of amides is 2. The van der Waals surface area contributed by atoms with Gasteiger partial charge in [0.15, 0.2) is 5.65 Å². The maximum Gasteiger partial charge on any atom is 0.267 e. The largest absolute Gasteiger partial charge is 0.351 e. The van der Waals surface area contributed by atoms with Crippen LogP contribution in [0.15, 0.2) is 73.3 Å². The summed E-state index contributed by atoms with van der Waals surface area (Å²) < 4.78 is 3.37. The van der Waals surface area contributed by atoms with Crippen LogP contribution in [-0.4, -0.2) is 55.5 Å². The minimum absolute atomic E-state index is 0.114. The first-order chi connectivity index (χ1) is 15.5. The molecule has 8 heteroatoms. The molecule has 3 aromatic heterocycles. The van der Waals surface area contributed by atoms with Crippen LogP contribution in [-0.2, 0) is 13.5 Å². The molecule has 0 fully saturated rings. The zero-order valence-corrected chi connectivity index (χ0v) is 18.2. The molecule has 4 rings (SSSR count). The van der Waals surface area contributed by atoms with Crippen molar-refractivity contribution in [1.82, 2.24) is 29.4 Å². The van der Waals surface area contributed by atoms with Crippen LogP contribution in [0.3, 0.4) is 0 Å². The van der Waals surface area contributed by atoms with E-state index in [2.05, 4.69) is 15.4 Å². The Morgan fingerprint density at radius 3 is 2.66 bits per heavy atom. The highest BCUT2D eigenvalue weighted by atomic mass is 16.2. The Balaban J connectivity index is 1.49. The number of carbonyl (C=O) groups is 2. The van der Waals surface area contributed by atoms with Gasteiger partial charge in [-0.3, -0.25) is 9.59 Å². The molecule has 0 aliphatic rings. The van der Waals surface area contributed by atoms with Gasteiger partial charge in [0, 0.05) is 45.3 Å². The quantitative estimate of drug-likeness (QED) is 0.466. The zero-order chi connectivity index (χ0) is 22.5. The van der Waals surface area contributed by atoms with Gasteiger partial charge in [0.05, 0.1) is 6.20 Å². The van der Waals surface area contributed by atoms with Gasteiger partial charge in [-0.05, 0) is 36.6 Å². The van der Waals surface area contributed by atoms with E-state index in [-0.39, 0.29) is 17.9 Å². The van der Waals surface area contributed by atoms with Crippen LogP contribution in [0.5, 0.6) is 0 Å². The van der Waals surface area contributed by atoms with Crippen LogP contribution in [0.1, 0.15) is 32.8 Å². The van der Waals surface area contributed by atoms with Crippen molar-refractivity contribution in [2.24, 2.45) is 7.05 Å². The first-order valence-corrected chi connectivity index (χ1v) is 10.5. The summed E-state index contributed by atoms with van der Waals surface area (Å²) in [5, 5.41) is 7.21. The van der Waals surface area contributed by atoms with E-state index in [1.54, 1.807) is 51.8 Å². The number of fused-ring (bicyclic) bond motifs is 1. The van der Waals surface area contributed by atoms with E-state index >= 15 is 0 Å². The Morgan fingerprint density at radius 2 is 1.91 bits per heavy atom. The van der Waals surface area contributed by atoms with E-state index in [0.717, 1.165) is 5.56 Å². The summed E-state index contributed by atoms with van der Waals surface area (Å²) in [4.78, 5) is 31.8. The second kappa shape index (κ2) is 9.47. The van der Waals surface area contributed by atoms with Gasteiger partial charge in [-0.1, -0.05) is 30.3 Å². The lowest BCUT2D eigenvalue weighted by Gasteiger charge is -2.28. The number of carbonyl (C=O) groups excluding carboxylic acids is 2. The number of likely N-dealkylation sites (N-methyl/N-ethyl adjacent to an activating group) is 1. The first kappa shape index (κ1) is 21.3. The normalized spacial score (nSPS) is 11.9. The fourth-order valence-corrected chi connectivity index (χ4v) is 3.79. The Bertz CT molecular complexity index is 1210. The predicted octanol–water partition coefficient (Wildman–Crippen LogP) is 2.57. The Hall–Kier alpha value is -3.94. The van der Waals surface area contributed by atoms with E-state index in [9.17, 15) is 9.59 Å². The maximum atomic E-state index is 13.3. The van der Waals surface area contributed by atoms with Gasteiger partial charge >= 0.3 is 0 Å². The fourth-order valence-electron chi connectivity index (χ4n) is 3.79. The monoisotopic (exact) mass is 430 g/mol. The molecular weight excluding hydrogens is 404 g/mol. The molecule has 0 saturated carbocycles.